The highest BCUT2D eigenvalue weighted by atomic mass is 15.3. The van der Waals surface area contributed by atoms with Gasteiger partial charge in [0.1, 0.15) is 6.07 Å². The van der Waals surface area contributed by atoms with E-state index in [1.54, 1.807) is 6.07 Å². The Morgan fingerprint density at radius 1 is 1.41 bits per heavy atom. The van der Waals surface area contributed by atoms with Crippen LogP contribution >= 0.6 is 0 Å². The molecule has 2 rings (SSSR count). The second-order valence-corrected chi connectivity index (χ2v) is 3.93. The van der Waals surface area contributed by atoms with Gasteiger partial charge in [-0.1, -0.05) is 6.07 Å². The van der Waals surface area contributed by atoms with Crippen LogP contribution in [0.4, 0.5) is 5.69 Å². The predicted molar refractivity (Wildman–Crippen MR) is 67.1 cm³/mol. The molecule has 1 aliphatic carbocycles. The number of hydrogen-bond donors (Lipinski definition) is 3. The van der Waals surface area contributed by atoms with Crippen LogP contribution in [-0.4, -0.2) is 11.5 Å². The van der Waals surface area contributed by atoms with Crippen molar-refractivity contribution in [2.24, 2.45) is 10.8 Å². The van der Waals surface area contributed by atoms with Crippen molar-refractivity contribution < 1.29 is 0 Å². The van der Waals surface area contributed by atoms with E-state index in [0.29, 0.717) is 0 Å². The Morgan fingerprint density at radius 2 is 2.18 bits per heavy atom. The molecule has 0 aromatic heterocycles. The molecule has 0 saturated carbocycles. The summed E-state index contributed by atoms with van der Waals surface area (Å²) in [5, 5.41) is 19.6. The van der Waals surface area contributed by atoms with Gasteiger partial charge < -0.3 is 5.73 Å². The van der Waals surface area contributed by atoms with E-state index < -0.39 is 0 Å². The van der Waals surface area contributed by atoms with E-state index in [1.165, 1.54) is 17.5 Å². The minimum Gasteiger partial charge on any atom is -0.382 e. The second kappa shape index (κ2) is 4.66. The van der Waals surface area contributed by atoms with E-state index in [4.69, 9.17) is 16.4 Å². The van der Waals surface area contributed by atoms with Crippen LogP contribution in [0, 0.1) is 16.7 Å². The number of fused-ring (bicyclic) bond motifs is 1. The van der Waals surface area contributed by atoms with Gasteiger partial charge in [0.15, 0.2) is 5.84 Å². The largest absolute Gasteiger partial charge is 0.382 e. The van der Waals surface area contributed by atoms with Crippen molar-refractivity contribution in [3.8, 4) is 6.07 Å². The van der Waals surface area contributed by atoms with Crippen LogP contribution in [0.5, 0.6) is 0 Å². The average molecular weight is 227 g/mol. The topological polar surface area (TPSA) is 98.0 Å². The third-order valence-electron chi connectivity index (χ3n) is 2.76. The van der Waals surface area contributed by atoms with Crippen LogP contribution in [0.2, 0.25) is 0 Å². The number of nitrogens with zero attached hydrogens (tertiary/aromatic N) is 2. The molecule has 1 aromatic rings. The SMILES string of the molecule is N#C/C(=N\Nc1ccc2c(c1)CCC2)C(=N)N. The smallest absolute Gasteiger partial charge is 0.201 e. The van der Waals surface area contributed by atoms with Crippen molar-refractivity contribution in [2.45, 2.75) is 19.3 Å². The summed E-state index contributed by atoms with van der Waals surface area (Å²) in [6, 6.07) is 7.78. The lowest BCUT2D eigenvalue weighted by atomic mass is 10.1. The fraction of sp³-hybridized carbons (Fsp3) is 0.250. The maximum absolute atomic E-state index is 8.69. The first-order valence-electron chi connectivity index (χ1n) is 5.40. The summed E-state index contributed by atoms with van der Waals surface area (Å²) in [5.74, 6) is -0.332. The standard InChI is InChI=1S/C12H13N5/c13-7-11(12(14)15)17-16-10-5-4-8-2-1-3-9(8)6-10/h4-6,16H,1-3H2,(H3,14,15)/b17-11+. The minimum atomic E-state index is -0.332. The number of anilines is 1. The molecule has 0 spiro atoms. The lowest BCUT2D eigenvalue weighted by Gasteiger charge is -2.04. The molecule has 86 valence electrons. The van der Waals surface area contributed by atoms with E-state index in [9.17, 15) is 0 Å². The Hall–Kier alpha value is -2.35. The summed E-state index contributed by atoms with van der Waals surface area (Å²) in [7, 11) is 0. The number of hydrogen-bond acceptors (Lipinski definition) is 4. The third kappa shape index (κ3) is 2.42. The monoisotopic (exact) mass is 227 g/mol. The molecule has 0 radical (unpaired) electrons. The fourth-order valence-electron chi connectivity index (χ4n) is 1.91. The summed E-state index contributed by atoms with van der Waals surface area (Å²) < 4.78 is 0. The first-order valence-corrected chi connectivity index (χ1v) is 5.40. The number of benzene rings is 1. The molecule has 1 aliphatic rings. The molecule has 17 heavy (non-hydrogen) atoms. The molecular weight excluding hydrogens is 214 g/mol. The normalized spacial score (nSPS) is 13.9. The molecule has 0 aliphatic heterocycles. The van der Waals surface area contributed by atoms with Crippen molar-refractivity contribution in [1.29, 1.82) is 10.7 Å². The van der Waals surface area contributed by atoms with Crippen molar-refractivity contribution in [3.05, 3.63) is 29.3 Å². The van der Waals surface area contributed by atoms with E-state index in [2.05, 4.69) is 16.6 Å². The Bertz CT molecular complexity index is 524. The van der Waals surface area contributed by atoms with Crippen molar-refractivity contribution in [1.82, 2.24) is 0 Å². The summed E-state index contributed by atoms with van der Waals surface area (Å²) in [4.78, 5) is 0. The zero-order valence-electron chi connectivity index (χ0n) is 9.33. The maximum Gasteiger partial charge on any atom is 0.201 e. The van der Waals surface area contributed by atoms with Gasteiger partial charge in [-0.15, -0.1) is 0 Å². The first kappa shape index (κ1) is 11.1. The number of nitriles is 1. The average Bonchev–Trinajstić information content (AvgIpc) is 2.76. The number of amidine groups is 1. The summed E-state index contributed by atoms with van der Waals surface area (Å²) in [6.45, 7) is 0. The predicted octanol–water partition coefficient (Wildman–Crippen LogP) is 1.40. The summed E-state index contributed by atoms with van der Waals surface area (Å²) >= 11 is 0. The molecule has 4 N–H and O–H groups in total. The molecule has 5 heteroatoms. The van der Waals surface area contributed by atoms with Crippen molar-refractivity contribution in [3.63, 3.8) is 0 Å². The molecule has 0 unspecified atom stereocenters. The number of rotatable bonds is 3. The molecule has 0 saturated heterocycles. The van der Waals surface area contributed by atoms with Crippen LogP contribution < -0.4 is 11.2 Å². The zero-order valence-corrected chi connectivity index (χ0v) is 9.33. The molecule has 0 atom stereocenters. The highest BCUT2D eigenvalue weighted by molar-refractivity contribution is 6.45. The van der Waals surface area contributed by atoms with Gasteiger partial charge in [0.2, 0.25) is 5.71 Å². The summed E-state index contributed by atoms with van der Waals surface area (Å²) in [5.41, 5.74) is 11.4. The first-order chi connectivity index (χ1) is 8.20. The van der Waals surface area contributed by atoms with Gasteiger partial charge in [-0.2, -0.15) is 10.4 Å². The van der Waals surface area contributed by atoms with Gasteiger partial charge >= 0.3 is 0 Å². The number of hydrazone groups is 1. The van der Waals surface area contributed by atoms with Crippen LogP contribution in [0.25, 0.3) is 0 Å². The van der Waals surface area contributed by atoms with Crippen LogP contribution in [-0.2, 0) is 12.8 Å². The highest BCUT2D eigenvalue weighted by Crippen LogP contribution is 2.24. The fourth-order valence-corrected chi connectivity index (χ4v) is 1.91. The van der Waals surface area contributed by atoms with Gasteiger partial charge in [-0.05, 0) is 42.5 Å². The lowest BCUT2D eigenvalue weighted by Crippen LogP contribution is -2.21. The van der Waals surface area contributed by atoms with Crippen molar-refractivity contribution >= 4 is 17.2 Å². The number of nitrogens with two attached hydrogens (primary N) is 1. The van der Waals surface area contributed by atoms with Gasteiger partial charge in [-0.25, -0.2) is 0 Å². The Balaban J connectivity index is 2.15. The Morgan fingerprint density at radius 3 is 2.88 bits per heavy atom. The van der Waals surface area contributed by atoms with Gasteiger partial charge in [0.05, 0.1) is 5.69 Å². The summed E-state index contributed by atoms with van der Waals surface area (Å²) in [6.07, 6.45) is 3.42. The lowest BCUT2D eigenvalue weighted by molar-refractivity contribution is 0.912. The van der Waals surface area contributed by atoms with Crippen LogP contribution in [0.1, 0.15) is 17.5 Å². The molecule has 0 heterocycles. The highest BCUT2D eigenvalue weighted by Gasteiger charge is 2.10. The van der Waals surface area contributed by atoms with Crippen LogP contribution in [0.3, 0.4) is 0 Å². The Labute approximate surface area is 99.4 Å². The van der Waals surface area contributed by atoms with E-state index in [0.717, 1.165) is 18.5 Å². The van der Waals surface area contributed by atoms with Gasteiger partial charge in [-0.3, -0.25) is 10.8 Å². The zero-order chi connectivity index (χ0) is 12.3. The second-order valence-electron chi connectivity index (χ2n) is 3.93. The van der Waals surface area contributed by atoms with Crippen LogP contribution in [0.15, 0.2) is 23.3 Å². The molecular formula is C12H13N5. The Kier molecular flexibility index (Phi) is 3.06. The molecule has 0 amide bonds. The molecule has 5 nitrogen and oxygen atoms in total. The van der Waals surface area contributed by atoms with Gasteiger partial charge in [0.25, 0.3) is 0 Å². The number of aryl methyl sites for hydroxylation is 2. The number of nitrogens with one attached hydrogen (secondary N) is 2. The van der Waals surface area contributed by atoms with E-state index in [-0.39, 0.29) is 11.5 Å². The van der Waals surface area contributed by atoms with E-state index in [1.807, 2.05) is 12.1 Å². The van der Waals surface area contributed by atoms with E-state index >= 15 is 0 Å². The molecule has 0 fully saturated rings. The third-order valence-corrected chi connectivity index (χ3v) is 2.76. The van der Waals surface area contributed by atoms with Crippen molar-refractivity contribution in [2.75, 3.05) is 5.43 Å². The minimum absolute atomic E-state index is 0.106. The van der Waals surface area contributed by atoms with Gasteiger partial charge in [0, 0.05) is 0 Å². The molecule has 0 bridgehead atoms. The quantitative estimate of drug-likeness (QED) is 0.413. The maximum atomic E-state index is 8.69. The molecule has 1 aromatic carbocycles.